The van der Waals surface area contributed by atoms with E-state index in [1.165, 1.54) is 0 Å². The minimum atomic E-state index is -1.48. The normalized spacial score (nSPS) is 10.1. The summed E-state index contributed by atoms with van der Waals surface area (Å²) in [7, 11) is -1.48. The molecule has 2 N–H and O–H groups in total. The number of hydrogen-bond acceptors (Lipinski definition) is 6. The van der Waals surface area contributed by atoms with Gasteiger partial charge in [-0.2, -0.15) is 0 Å². The first-order valence-corrected chi connectivity index (χ1v) is 5.95. The van der Waals surface area contributed by atoms with E-state index in [0.29, 0.717) is 24.4 Å². The number of ether oxygens (including phenoxy) is 3. The van der Waals surface area contributed by atoms with Crippen LogP contribution in [0.3, 0.4) is 0 Å². The summed E-state index contributed by atoms with van der Waals surface area (Å²) in [5, 5.41) is 17.8. The average Bonchev–Trinajstić information content (AvgIpc) is 2.39. The second-order valence-electron chi connectivity index (χ2n) is 3.65. The molecule has 0 amide bonds. The Labute approximate surface area is 112 Å². The third-order valence-electron chi connectivity index (χ3n) is 2.20. The van der Waals surface area contributed by atoms with Gasteiger partial charge < -0.3 is 24.3 Å². The topological polar surface area (TPSA) is 85.2 Å². The van der Waals surface area contributed by atoms with Crippen molar-refractivity contribution in [2.75, 3.05) is 26.4 Å². The molecular weight excluding hydrogens is 251 g/mol. The number of carbonyl (C=O) groups excluding carboxylic acids is 1. The maximum Gasteiger partial charge on any atom is 0.488 e. The van der Waals surface area contributed by atoms with Crippen molar-refractivity contribution >= 4 is 18.6 Å². The molecule has 0 aliphatic rings. The fourth-order valence-corrected chi connectivity index (χ4v) is 1.31. The molecule has 0 atom stereocenters. The fourth-order valence-electron chi connectivity index (χ4n) is 1.31. The first kappa shape index (κ1) is 15.5. The van der Waals surface area contributed by atoms with Crippen molar-refractivity contribution < 1.29 is 29.1 Å². The number of carbonyl (C=O) groups is 1. The smallest absolute Gasteiger partial charge is 0.488 e. The van der Waals surface area contributed by atoms with E-state index in [4.69, 9.17) is 24.3 Å². The lowest BCUT2D eigenvalue weighted by Gasteiger charge is -2.07. The molecule has 0 saturated heterocycles. The van der Waals surface area contributed by atoms with Gasteiger partial charge in [-0.05, 0) is 24.5 Å². The third-order valence-corrected chi connectivity index (χ3v) is 2.20. The van der Waals surface area contributed by atoms with Gasteiger partial charge in [0.15, 0.2) is 0 Å². The van der Waals surface area contributed by atoms with Crippen molar-refractivity contribution in [3.8, 4) is 5.75 Å². The second kappa shape index (κ2) is 8.52. The summed E-state index contributed by atoms with van der Waals surface area (Å²) in [4.78, 5) is 10.9. The molecule has 1 aromatic rings. The molecule has 0 saturated carbocycles. The Kier molecular flexibility index (Phi) is 6.95. The average molecular weight is 268 g/mol. The van der Waals surface area contributed by atoms with Gasteiger partial charge in [-0.15, -0.1) is 0 Å². The highest BCUT2D eigenvalue weighted by molar-refractivity contribution is 6.58. The molecule has 7 heteroatoms. The van der Waals surface area contributed by atoms with Gasteiger partial charge in [0, 0.05) is 0 Å². The van der Waals surface area contributed by atoms with E-state index in [0.717, 1.165) is 0 Å². The van der Waals surface area contributed by atoms with Crippen LogP contribution in [-0.2, 0) is 14.3 Å². The van der Waals surface area contributed by atoms with E-state index in [1.807, 2.05) is 0 Å². The molecule has 0 heterocycles. The SMILES string of the molecule is CCOC(=O)COCCOc1ccc(B(O)O)cc1. The highest BCUT2D eigenvalue weighted by Crippen LogP contribution is 2.07. The predicted octanol–water partition coefficient (Wildman–Crippen LogP) is -0.675. The van der Waals surface area contributed by atoms with E-state index in [9.17, 15) is 4.79 Å². The molecule has 0 unspecified atom stereocenters. The van der Waals surface area contributed by atoms with Gasteiger partial charge in [0.2, 0.25) is 0 Å². The first-order valence-electron chi connectivity index (χ1n) is 5.95. The fraction of sp³-hybridized carbons (Fsp3) is 0.417. The lowest BCUT2D eigenvalue weighted by atomic mass is 9.80. The standard InChI is InChI=1S/C12H17BO6/c1-2-18-12(14)9-17-7-8-19-11-5-3-10(4-6-11)13(15)16/h3-6,15-16H,2,7-9H2,1H3. The van der Waals surface area contributed by atoms with Crippen LogP contribution in [-0.4, -0.2) is 49.6 Å². The molecule has 0 radical (unpaired) electrons. The van der Waals surface area contributed by atoms with Gasteiger partial charge in [-0.1, -0.05) is 12.1 Å². The quantitative estimate of drug-likeness (QED) is 0.369. The zero-order valence-electron chi connectivity index (χ0n) is 10.7. The van der Waals surface area contributed by atoms with Crippen LogP contribution in [0.15, 0.2) is 24.3 Å². The Morgan fingerprint density at radius 3 is 2.47 bits per heavy atom. The Morgan fingerprint density at radius 1 is 1.21 bits per heavy atom. The Hall–Kier alpha value is -1.57. The molecule has 0 spiro atoms. The number of benzene rings is 1. The van der Waals surface area contributed by atoms with Crippen LogP contribution in [0, 0.1) is 0 Å². The zero-order chi connectivity index (χ0) is 14.1. The second-order valence-corrected chi connectivity index (χ2v) is 3.65. The summed E-state index contributed by atoms with van der Waals surface area (Å²) < 4.78 is 15.1. The highest BCUT2D eigenvalue weighted by Gasteiger charge is 2.09. The lowest BCUT2D eigenvalue weighted by molar-refractivity contribution is -0.148. The van der Waals surface area contributed by atoms with E-state index < -0.39 is 13.1 Å². The summed E-state index contributed by atoms with van der Waals surface area (Å²) in [6.45, 7) is 2.53. The third kappa shape index (κ3) is 6.24. The van der Waals surface area contributed by atoms with Crippen LogP contribution in [0.4, 0.5) is 0 Å². The van der Waals surface area contributed by atoms with Crippen molar-refractivity contribution in [1.29, 1.82) is 0 Å². The molecule has 0 aliphatic heterocycles. The van der Waals surface area contributed by atoms with Crippen molar-refractivity contribution in [3.63, 3.8) is 0 Å². The van der Waals surface area contributed by atoms with Crippen LogP contribution in [0.2, 0.25) is 0 Å². The molecule has 1 rings (SSSR count). The summed E-state index contributed by atoms with van der Waals surface area (Å²) in [6, 6.07) is 6.36. The van der Waals surface area contributed by atoms with E-state index in [1.54, 1.807) is 31.2 Å². The summed E-state index contributed by atoms with van der Waals surface area (Å²) >= 11 is 0. The maximum absolute atomic E-state index is 10.9. The van der Waals surface area contributed by atoms with E-state index >= 15 is 0 Å². The summed E-state index contributed by atoms with van der Waals surface area (Å²) in [6.07, 6.45) is 0. The summed E-state index contributed by atoms with van der Waals surface area (Å²) in [5.74, 6) is 0.188. The van der Waals surface area contributed by atoms with Gasteiger partial charge in [0.25, 0.3) is 0 Å². The van der Waals surface area contributed by atoms with E-state index in [-0.39, 0.29) is 13.2 Å². The van der Waals surface area contributed by atoms with Gasteiger partial charge in [-0.25, -0.2) is 4.79 Å². The van der Waals surface area contributed by atoms with Crippen molar-refractivity contribution in [2.24, 2.45) is 0 Å². The lowest BCUT2D eigenvalue weighted by Crippen LogP contribution is -2.29. The number of esters is 1. The molecule has 19 heavy (non-hydrogen) atoms. The minimum absolute atomic E-state index is 0.0904. The zero-order valence-corrected chi connectivity index (χ0v) is 10.7. The Balaban J connectivity index is 2.17. The molecule has 0 bridgehead atoms. The summed E-state index contributed by atoms with van der Waals surface area (Å²) in [5.41, 5.74) is 0.394. The van der Waals surface area contributed by atoms with Crippen molar-refractivity contribution in [3.05, 3.63) is 24.3 Å². The molecule has 6 nitrogen and oxygen atoms in total. The van der Waals surface area contributed by atoms with Crippen LogP contribution in [0.1, 0.15) is 6.92 Å². The molecule has 1 aromatic carbocycles. The van der Waals surface area contributed by atoms with Crippen molar-refractivity contribution in [1.82, 2.24) is 0 Å². The van der Waals surface area contributed by atoms with Gasteiger partial charge >= 0.3 is 13.1 Å². The highest BCUT2D eigenvalue weighted by atomic mass is 16.6. The van der Waals surface area contributed by atoms with Gasteiger partial charge in [0.05, 0.1) is 13.2 Å². The van der Waals surface area contributed by atoms with Crippen LogP contribution < -0.4 is 10.2 Å². The minimum Gasteiger partial charge on any atom is -0.491 e. The first-order chi connectivity index (χ1) is 9.13. The molecule has 0 aromatic heterocycles. The molecule has 0 fully saturated rings. The van der Waals surface area contributed by atoms with Crippen LogP contribution >= 0.6 is 0 Å². The van der Waals surface area contributed by atoms with E-state index in [2.05, 4.69) is 0 Å². The molecule has 0 aliphatic carbocycles. The van der Waals surface area contributed by atoms with Crippen molar-refractivity contribution in [2.45, 2.75) is 6.92 Å². The van der Waals surface area contributed by atoms with Gasteiger partial charge in [0.1, 0.15) is 19.0 Å². The Bertz CT molecular complexity index is 378. The van der Waals surface area contributed by atoms with Crippen LogP contribution in [0.5, 0.6) is 5.75 Å². The van der Waals surface area contributed by atoms with Gasteiger partial charge in [-0.3, -0.25) is 0 Å². The molecule has 104 valence electrons. The largest absolute Gasteiger partial charge is 0.491 e. The number of rotatable bonds is 8. The van der Waals surface area contributed by atoms with Crippen LogP contribution in [0.25, 0.3) is 0 Å². The number of hydrogen-bond donors (Lipinski definition) is 2. The monoisotopic (exact) mass is 268 g/mol. The maximum atomic E-state index is 10.9. The molecular formula is C12H17BO6. The predicted molar refractivity (Wildman–Crippen MR) is 69.2 cm³/mol. The Morgan fingerprint density at radius 2 is 1.89 bits per heavy atom.